The molecule has 0 bridgehead atoms. The van der Waals surface area contributed by atoms with E-state index in [0.717, 1.165) is 6.42 Å². The first-order valence-corrected chi connectivity index (χ1v) is 9.18. The van der Waals surface area contributed by atoms with E-state index >= 15 is 0 Å². The molecule has 122 valence electrons. The summed E-state index contributed by atoms with van der Waals surface area (Å²) in [5.74, 6) is 0. The molecule has 0 heterocycles. The third-order valence-corrected chi connectivity index (χ3v) is 4.81. The molecule has 20 heavy (non-hydrogen) atoms. The Labute approximate surface area is 128 Å². The number of hydrogen-bond donors (Lipinski definition) is 1. The van der Waals surface area contributed by atoms with Crippen molar-refractivity contribution in [3.05, 3.63) is 0 Å². The second-order valence-corrected chi connectivity index (χ2v) is 7.30. The van der Waals surface area contributed by atoms with E-state index in [0.29, 0.717) is 0 Å². The Hall–Kier alpha value is -0.0400. The fourth-order valence-electron chi connectivity index (χ4n) is 2.63. The summed E-state index contributed by atoms with van der Waals surface area (Å²) >= 11 is 0. The summed E-state index contributed by atoms with van der Waals surface area (Å²) in [5, 5.41) is 9.66. The van der Waals surface area contributed by atoms with Crippen LogP contribution in [0.1, 0.15) is 111 Å². The zero-order valence-electron chi connectivity index (χ0n) is 14.7. The van der Waals surface area contributed by atoms with Gasteiger partial charge in [-0.25, -0.2) is 0 Å². The minimum Gasteiger partial charge on any atom is -0.393 e. The van der Waals surface area contributed by atoms with Gasteiger partial charge in [0.15, 0.2) is 0 Å². The molecule has 0 aromatic carbocycles. The molecule has 0 spiro atoms. The standard InChI is InChI=1S/C19H40O/c1-5-6-7-8-9-10-11-12-13-14-15-16-17-19(3,4)18(2)20/h18,20H,5-17H2,1-4H3. The molecule has 0 saturated heterocycles. The van der Waals surface area contributed by atoms with Gasteiger partial charge in [-0.1, -0.05) is 97.8 Å². The first-order chi connectivity index (χ1) is 9.50. The van der Waals surface area contributed by atoms with Crippen LogP contribution in [-0.4, -0.2) is 11.2 Å². The average Bonchev–Trinajstić information content (AvgIpc) is 2.39. The predicted octanol–water partition coefficient (Wildman–Crippen LogP) is 6.48. The zero-order valence-corrected chi connectivity index (χ0v) is 14.7. The lowest BCUT2D eigenvalue weighted by Gasteiger charge is -2.27. The second kappa shape index (κ2) is 12.7. The van der Waals surface area contributed by atoms with Gasteiger partial charge < -0.3 is 5.11 Å². The highest BCUT2D eigenvalue weighted by Crippen LogP contribution is 2.27. The molecule has 0 amide bonds. The normalized spacial score (nSPS) is 13.7. The Balaban J connectivity index is 3.17. The minimum atomic E-state index is -0.185. The topological polar surface area (TPSA) is 20.2 Å². The molecule has 1 atom stereocenters. The zero-order chi connectivity index (χ0) is 15.3. The highest BCUT2D eigenvalue weighted by Gasteiger charge is 2.22. The maximum absolute atomic E-state index is 9.66. The Kier molecular flexibility index (Phi) is 12.7. The lowest BCUT2D eigenvalue weighted by molar-refractivity contribution is 0.0577. The molecule has 0 saturated carbocycles. The summed E-state index contributed by atoms with van der Waals surface area (Å²) in [5.41, 5.74) is 0.0957. The van der Waals surface area contributed by atoms with E-state index < -0.39 is 0 Å². The fourth-order valence-corrected chi connectivity index (χ4v) is 2.63. The number of hydrogen-bond acceptors (Lipinski definition) is 1. The molecule has 1 heteroatoms. The fraction of sp³-hybridized carbons (Fsp3) is 1.00. The number of rotatable bonds is 14. The van der Waals surface area contributed by atoms with Crippen LogP contribution in [0.15, 0.2) is 0 Å². The van der Waals surface area contributed by atoms with Gasteiger partial charge in [0.05, 0.1) is 6.10 Å². The minimum absolute atomic E-state index is 0.0957. The van der Waals surface area contributed by atoms with Crippen molar-refractivity contribution in [3.63, 3.8) is 0 Å². The largest absolute Gasteiger partial charge is 0.393 e. The van der Waals surface area contributed by atoms with E-state index in [-0.39, 0.29) is 11.5 Å². The average molecular weight is 285 g/mol. The number of unbranched alkanes of at least 4 members (excludes halogenated alkanes) is 11. The number of aliphatic hydroxyl groups is 1. The van der Waals surface area contributed by atoms with Crippen LogP contribution in [-0.2, 0) is 0 Å². The van der Waals surface area contributed by atoms with Gasteiger partial charge in [-0.3, -0.25) is 0 Å². The molecule has 0 radical (unpaired) electrons. The third kappa shape index (κ3) is 11.8. The molecule has 1 unspecified atom stereocenters. The summed E-state index contributed by atoms with van der Waals surface area (Å²) < 4.78 is 0. The van der Waals surface area contributed by atoms with Crippen LogP contribution in [0.5, 0.6) is 0 Å². The monoisotopic (exact) mass is 284 g/mol. The van der Waals surface area contributed by atoms with Crippen LogP contribution in [0.3, 0.4) is 0 Å². The molecule has 0 fully saturated rings. The molecule has 0 aliphatic carbocycles. The van der Waals surface area contributed by atoms with Crippen molar-refractivity contribution in [1.82, 2.24) is 0 Å². The van der Waals surface area contributed by atoms with Gasteiger partial charge in [0.2, 0.25) is 0 Å². The molecule has 1 N–H and O–H groups in total. The van der Waals surface area contributed by atoms with Gasteiger partial charge in [-0.2, -0.15) is 0 Å². The van der Waals surface area contributed by atoms with Crippen LogP contribution >= 0.6 is 0 Å². The van der Waals surface area contributed by atoms with Crippen LogP contribution in [0, 0.1) is 5.41 Å². The van der Waals surface area contributed by atoms with Gasteiger partial charge in [-0.15, -0.1) is 0 Å². The molecule has 0 aliphatic heterocycles. The number of aliphatic hydroxyl groups excluding tert-OH is 1. The van der Waals surface area contributed by atoms with Crippen molar-refractivity contribution < 1.29 is 5.11 Å². The van der Waals surface area contributed by atoms with Crippen LogP contribution in [0.25, 0.3) is 0 Å². The van der Waals surface area contributed by atoms with Crippen molar-refractivity contribution in [2.45, 2.75) is 117 Å². The van der Waals surface area contributed by atoms with Crippen molar-refractivity contribution >= 4 is 0 Å². The first-order valence-electron chi connectivity index (χ1n) is 9.18. The second-order valence-electron chi connectivity index (χ2n) is 7.30. The van der Waals surface area contributed by atoms with Gasteiger partial charge >= 0.3 is 0 Å². The summed E-state index contributed by atoms with van der Waals surface area (Å²) in [4.78, 5) is 0. The molecule has 0 aliphatic rings. The molecular weight excluding hydrogens is 244 g/mol. The molecule has 1 nitrogen and oxygen atoms in total. The Morgan fingerprint density at radius 1 is 0.700 bits per heavy atom. The van der Waals surface area contributed by atoms with E-state index in [1.165, 1.54) is 77.0 Å². The molecule has 0 aromatic heterocycles. The maximum atomic E-state index is 9.66. The predicted molar refractivity (Wildman–Crippen MR) is 91.2 cm³/mol. The smallest absolute Gasteiger partial charge is 0.0563 e. The van der Waals surface area contributed by atoms with E-state index in [4.69, 9.17) is 0 Å². The lowest BCUT2D eigenvalue weighted by Crippen LogP contribution is -2.26. The summed E-state index contributed by atoms with van der Waals surface area (Å²) in [7, 11) is 0. The quantitative estimate of drug-likeness (QED) is 0.362. The van der Waals surface area contributed by atoms with E-state index in [2.05, 4.69) is 20.8 Å². The van der Waals surface area contributed by atoms with Crippen molar-refractivity contribution in [2.75, 3.05) is 0 Å². The summed E-state index contributed by atoms with van der Waals surface area (Å²) in [6.07, 6.45) is 17.8. The van der Waals surface area contributed by atoms with Crippen LogP contribution in [0.2, 0.25) is 0 Å². The maximum Gasteiger partial charge on any atom is 0.0563 e. The molecular formula is C19H40O. The SMILES string of the molecule is CCCCCCCCCCCCCCC(C)(C)C(C)O. The van der Waals surface area contributed by atoms with E-state index in [1.54, 1.807) is 0 Å². The Morgan fingerprint density at radius 2 is 1.05 bits per heavy atom. The van der Waals surface area contributed by atoms with Crippen molar-refractivity contribution in [3.8, 4) is 0 Å². The first kappa shape index (κ1) is 20.0. The van der Waals surface area contributed by atoms with E-state index in [9.17, 15) is 5.11 Å². The Bertz CT molecular complexity index is 196. The summed E-state index contributed by atoms with van der Waals surface area (Å²) in [6.45, 7) is 8.55. The van der Waals surface area contributed by atoms with Gasteiger partial charge in [0.1, 0.15) is 0 Å². The van der Waals surface area contributed by atoms with Crippen molar-refractivity contribution in [2.24, 2.45) is 5.41 Å². The third-order valence-electron chi connectivity index (χ3n) is 4.81. The highest BCUT2D eigenvalue weighted by atomic mass is 16.3. The summed E-state index contributed by atoms with van der Waals surface area (Å²) in [6, 6.07) is 0. The van der Waals surface area contributed by atoms with Crippen LogP contribution < -0.4 is 0 Å². The molecule has 0 rings (SSSR count). The highest BCUT2D eigenvalue weighted by molar-refractivity contribution is 4.73. The van der Waals surface area contributed by atoms with Crippen molar-refractivity contribution in [1.29, 1.82) is 0 Å². The molecule has 0 aromatic rings. The Morgan fingerprint density at radius 3 is 1.40 bits per heavy atom. The van der Waals surface area contributed by atoms with Gasteiger partial charge in [-0.05, 0) is 18.8 Å². The van der Waals surface area contributed by atoms with Gasteiger partial charge in [0.25, 0.3) is 0 Å². The lowest BCUT2D eigenvalue weighted by atomic mass is 9.82. The van der Waals surface area contributed by atoms with Crippen LogP contribution in [0.4, 0.5) is 0 Å². The van der Waals surface area contributed by atoms with E-state index in [1.807, 2.05) is 6.92 Å². The van der Waals surface area contributed by atoms with Gasteiger partial charge in [0, 0.05) is 0 Å².